The lowest BCUT2D eigenvalue weighted by molar-refractivity contribution is -0.137. The molecule has 0 aliphatic rings. The van der Waals surface area contributed by atoms with Gasteiger partial charge in [-0.1, -0.05) is 18.2 Å². The third-order valence-corrected chi connectivity index (χ3v) is 2.59. The van der Waals surface area contributed by atoms with Crippen molar-refractivity contribution in [1.82, 2.24) is 4.90 Å². The zero-order valence-electron chi connectivity index (χ0n) is 10.7. The van der Waals surface area contributed by atoms with Gasteiger partial charge in [-0.2, -0.15) is 0 Å². The summed E-state index contributed by atoms with van der Waals surface area (Å²) in [6.45, 7) is 4.21. The molecule has 0 radical (unpaired) electrons. The molecule has 0 spiro atoms. The number of carbonyl (C=O) groups is 2. The number of carbonyl (C=O) groups excluding carboxylic acids is 1. The number of likely N-dealkylation sites (N-methyl/N-ethyl adjacent to an activating group) is 1. The highest BCUT2D eigenvalue weighted by atomic mass is 16.4. The van der Waals surface area contributed by atoms with Crippen LogP contribution in [0.2, 0.25) is 0 Å². The van der Waals surface area contributed by atoms with Crippen LogP contribution in [0.5, 0.6) is 0 Å². The summed E-state index contributed by atoms with van der Waals surface area (Å²) in [7, 11) is 0. The Morgan fingerprint density at radius 3 is 2.17 bits per heavy atom. The van der Waals surface area contributed by atoms with Crippen LogP contribution in [-0.2, 0) is 4.79 Å². The minimum atomic E-state index is -1.01. The predicted molar refractivity (Wildman–Crippen MR) is 69.7 cm³/mol. The van der Waals surface area contributed by atoms with Crippen molar-refractivity contribution in [1.29, 1.82) is 0 Å². The summed E-state index contributed by atoms with van der Waals surface area (Å²) in [5.41, 5.74) is 0.772. The lowest BCUT2D eigenvalue weighted by atomic mass is 10.3. The minimum absolute atomic E-state index is 0.279. The van der Waals surface area contributed by atoms with Crippen LogP contribution in [0.1, 0.15) is 13.8 Å². The van der Waals surface area contributed by atoms with E-state index in [1.54, 1.807) is 11.8 Å². The molecule has 0 saturated heterocycles. The normalized spacial score (nSPS) is 9.89. The number of benzene rings is 1. The largest absolute Gasteiger partial charge is 0.480 e. The van der Waals surface area contributed by atoms with Crippen molar-refractivity contribution in [2.75, 3.05) is 24.5 Å². The maximum Gasteiger partial charge on any atom is 0.324 e. The number of carboxylic acid groups (broad SMARTS) is 1. The highest BCUT2D eigenvalue weighted by molar-refractivity contribution is 5.93. The third kappa shape index (κ3) is 3.48. The van der Waals surface area contributed by atoms with Crippen molar-refractivity contribution >= 4 is 17.7 Å². The summed E-state index contributed by atoms with van der Waals surface area (Å²) in [6, 6.07) is 8.94. The average molecular weight is 250 g/mol. The first-order chi connectivity index (χ1) is 8.60. The average Bonchev–Trinajstić information content (AvgIpc) is 2.37. The first-order valence-corrected chi connectivity index (χ1v) is 5.93. The molecule has 0 aromatic heterocycles. The Kier molecular flexibility index (Phi) is 5.17. The van der Waals surface area contributed by atoms with Crippen molar-refractivity contribution in [2.24, 2.45) is 0 Å². The Balaban J connectivity index is 2.87. The van der Waals surface area contributed by atoms with E-state index >= 15 is 0 Å². The molecule has 98 valence electrons. The van der Waals surface area contributed by atoms with E-state index in [1.165, 1.54) is 4.90 Å². The number of amides is 2. The van der Waals surface area contributed by atoms with Gasteiger partial charge >= 0.3 is 12.0 Å². The standard InChI is InChI=1S/C13H18N2O3/c1-3-14(10-12(16)17)13(18)15(4-2)11-8-6-5-7-9-11/h5-9H,3-4,10H2,1-2H3,(H,16,17). The van der Waals surface area contributed by atoms with Crippen LogP contribution in [0.25, 0.3) is 0 Å². The van der Waals surface area contributed by atoms with Crippen molar-refractivity contribution in [3.8, 4) is 0 Å². The van der Waals surface area contributed by atoms with Gasteiger partial charge in [-0.3, -0.25) is 9.69 Å². The van der Waals surface area contributed by atoms with E-state index in [-0.39, 0.29) is 12.6 Å². The molecule has 0 saturated carbocycles. The zero-order valence-corrected chi connectivity index (χ0v) is 10.7. The molecule has 0 aliphatic heterocycles. The van der Waals surface area contributed by atoms with Crippen LogP contribution in [-0.4, -0.2) is 41.6 Å². The second kappa shape index (κ2) is 6.64. The van der Waals surface area contributed by atoms with Crippen LogP contribution in [0.4, 0.5) is 10.5 Å². The van der Waals surface area contributed by atoms with Gasteiger partial charge in [-0.25, -0.2) is 4.79 Å². The second-order valence-corrected chi connectivity index (χ2v) is 3.77. The zero-order chi connectivity index (χ0) is 13.5. The van der Waals surface area contributed by atoms with Crippen LogP contribution >= 0.6 is 0 Å². The molecule has 0 bridgehead atoms. The fourth-order valence-electron chi connectivity index (χ4n) is 1.68. The van der Waals surface area contributed by atoms with Crippen molar-refractivity contribution in [3.05, 3.63) is 30.3 Å². The third-order valence-electron chi connectivity index (χ3n) is 2.59. The maximum absolute atomic E-state index is 12.2. The molecule has 5 nitrogen and oxygen atoms in total. The van der Waals surface area contributed by atoms with Gasteiger partial charge in [-0.15, -0.1) is 0 Å². The summed E-state index contributed by atoms with van der Waals surface area (Å²) in [6.07, 6.45) is 0. The quantitative estimate of drug-likeness (QED) is 0.869. The topological polar surface area (TPSA) is 60.9 Å². The van der Waals surface area contributed by atoms with Crippen molar-refractivity contribution in [2.45, 2.75) is 13.8 Å². The van der Waals surface area contributed by atoms with Gasteiger partial charge in [0.1, 0.15) is 6.54 Å². The fraction of sp³-hybridized carbons (Fsp3) is 0.385. The number of urea groups is 1. The van der Waals surface area contributed by atoms with Crippen LogP contribution < -0.4 is 4.90 Å². The van der Waals surface area contributed by atoms with Gasteiger partial charge in [0.05, 0.1) is 0 Å². The second-order valence-electron chi connectivity index (χ2n) is 3.77. The lowest BCUT2D eigenvalue weighted by Gasteiger charge is -2.28. The summed E-state index contributed by atoms with van der Waals surface area (Å²) < 4.78 is 0. The Morgan fingerprint density at radius 2 is 1.72 bits per heavy atom. The van der Waals surface area contributed by atoms with E-state index in [2.05, 4.69) is 0 Å². The first kappa shape index (κ1) is 14.0. The van der Waals surface area contributed by atoms with Gasteiger partial charge in [0.2, 0.25) is 0 Å². The number of hydrogen-bond donors (Lipinski definition) is 1. The summed E-state index contributed by atoms with van der Waals surface area (Å²) in [5, 5.41) is 8.78. The van der Waals surface area contributed by atoms with E-state index < -0.39 is 5.97 Å². The predicted octanol–water partition coefficient (Wildman–Crippen LogP) is 2.04. The van der Waals surface area contributed by atoms with E-state index in [4.69, 9.17) is 5.11 Å². The Morgan fingerprint density at radius 1 is 1.11 bits per heavy atom. The Labute approximate surface area is 107 Å². The molecule has 0 heterocycles. The monoisotopic (exact) mass is 250 g/mol. The SMILES string of the molecule is CCN(CC(=O)O)C(=O)N(CC)c1ccccc1. The maximum atomic E-state index is 12.2. The highest BCUT2D eigenvalue weighted by Gasteiger charge is 2.21. The molecule has 1 N–H and O–H groups in total. The molecule has 0 aliphatic carbocycles. The minimum Gasteiger partial charge on any atom is -0.480 e. The molecule has 2 amide bonds. The molecule has 0 fully saturated rings. The van der Waals surface area contributed by atoms with Crippen LogP contribution in [0.15, 0.2) is 30.3 Å². The first-order valence-electron chi connectivity index (χ1n) is 5.93. The Bertz CT molecular complexity index is 406. The number of nitrogens with zero attached hydrogens (tertiary/aromatic N) is 2. The van der Waals surface area contributed by atoms with Crippen molar-refractivity contribution < 1.29 is 14.7 Å². The van der Waals surface area contributed by atoms with E-state index in [9.17, 15) is 9.59 Å². The molecule has 5 heteroatoms. The van der Waals surface area contributed by atoms with Gasteiger partial charge in [0.25, 0.3) is 0 Å². The summed E-state index contributed by atoms with van der Waals surface area (Å²) in [4.78, 5) is 25.8. The van der Waals surface area contributed by atoms with Gasteiger partial charge in [0.15, 0.2) is 0 Å². The van der Waals surface area contributed by atoms with Gasteiger partial charge in [0, 0.05) is 18.8 Å². The molecular weight excluding hydrogens is 232 g/mol. The number of aliphatic carboxylic acids is 1. The lowest BCUT2D eigenvalue weighted by Crippen LogP contribution is -2.45. The molecule has 1 rings (SSSR count). The molecular formula is C13H18N2O3. The van der Waals surface area contributed by atoms with Crippen LogP contribution in [0.3, 0.4) is 0 Å². The number of rotatable bonds is 5. The Hall–Kier alpha value is -2.04. The van der Waals surface area contributed by atoms with E-state index in [0.717, 1.165) is 5.69 Å². The summed E-state index contributed by atoms with van der Waals surface area (Å²) in [5.74, 6) is -1.01. The van der Waals surface area contributed by atoms with E-state index in [1.807, 2.05) is 37.3 Å². The molecule has 0 atom stereocenters. The molecule has 1 aromatic carbocycles. The summed E-state index contributed by atoms with van der Waals surface area (Å²) >= 11 is 0. The van der Waals surface area contributed by atoms with Gasteiger partial charge < -0.3 is 10.0 Å². The number of para-hydroxylation sites is 1. The molecule has 0 unspecified atom stereocenters. The number of anilines is 1. The molecule has 18 heavy (non-hydrogen) atoms. The highest BCUT2D eigenvalue weighted by Crippen LogP contribution is 2.15. The molecule has 1 aromatic rings. The smallest absolute Gasteiger partial charge is 0.324 e. The fourth-order valence-corrected chi connectivity index (χ4v) is 1.68. The van der Waals surface area contributed by atoms with E-state index in [0.29, 0.717) is 13.1 Å². The number of carboxylic acids is 1. The van der Waals surface area contributed by atoms with Crippen molar-refractivity contribution in [3.63, 3.8) is 0 Å². The van der Waals surface area contributed by atoms with Crippen LogP contribution in [0, 0.1) is 0 Å². The van der Waals surface area contributed by atoms with Gasteiger partial charge in [-0.05, 0) is 26.0 Å². The number of hydrogen-bond acceptors (Lipinski definition) is 2.